The van der Waals surface area contributed by atoms with Crippen molar-refractivity contribution in [3.8, 4) is 0 Å². The maximum atomic E-state index is 12.2. The van der Waals surface area contributed by atoms with Crippen LogP contribution >= 0.6 is 0 Å². The van der Waals surface area contributed by atoms with Gasteiger partial charge in [0.05, 0.1) is 19.1 Å². The van der Waals surface area contributed by atoms with Gasteiger partial charge in [0.1, 0.15) is 0 Å². The van der Waals surface area contributed by atoms with Gasteiger partial charge in [-0.15, -0.1) is 0 Å². The minimum atomic E-state index is -4.17. The number of rotatable bonds is 8. The van der Waals surface area contributed by atoms with Gasteiger partial charge in [-0.2, -0.15) is 13.2 Å². The smallest absolute Gasteiger partial charge is 0.372 e. The van der Waals surface area contributed by atoms with Crippen LogP contribution in [0.1, 0.15) is 37.0 Å². The van der Waals surface area contributed by atoms with E-state index in [0.29, 0.717) is 6.54 Å². The van der Waals surface area contributed by atoms with Gasteiger partial charge in [0.25, 0.3) is 0 Å². The molecule has 1 rings (SSSR count). The van der Waals surface area contributed by atoms with Crippen LogP contribution < -0.4 is 5.32 Å². The van der Waals surface area contributed by atoms with Crippen molar-refractivity contribution in [1.29, 1.82) is 0 Å². The molecule has 0 saturated carbocycles. The lowest BCUT2D eigenvalue weighted by atomic mass is 10.1. The van der Waals surface area contributed by atoms with Crippen LogP contribution in [0, 0.1) is 6.92 Å². The fourth-order valence-electron chi connectivity index (χ4n) is 1.78. The highest BCUT2D eigenvalue weighted by Gasteiger charge is 2.27. The Kier molecular flexibility index (Phi) is 7.02. The fourth-order valence-corrected chi connectivity index (χ4v) is 1.78. The Labute approximate surface area is 118 Å². The fraction of sp³-hybridized carbons (Fsp3) is 0.600. The van der Waals surface area contributed by atoms with Crippen molar-refractivity contribution < 1.29 is 17.9 Å². The van der Waals surface area contributed by atoms with Crippen molar-refractivity contribution in [2.75, 3.05) is 19.7 Å². The maximum Gasteiger partial charge on any atom is 0.391 e. The monoisotopic (exact) mass is 289 g/mol. The zero-order chi connectivity index (χ0) is 15.0. The highest BCUT2D eigenvalue weighted by Crippen LogP contribution is 2.22. The van der Waals surface area contributed by atoms with Gasteiger partial charge >= 0.3 is 6.18 Å². The Morgan fingerprint density at radius 1 is 1.20 bits per heavy atom. The number of aryl methyl sites for hydroxylation is 1. The molecular weight excluding hydrogens is 267 g/mol. The Hall–Kier alpha value is -1.07. The zero-order valence-corrected chi connectivity index (χ0v) is 12.0. The van der Waals surface area contributed by atoms with Crippen molar-refractivity contribution in [2.45, 2.75) is 39.0 Å². The topological polar surface area (TPSA) is 21.3 Å². The summed E-state index contributed by atoms with van der Waals surface area (Å²) in [6, 6.07) is 7.69. The third kappa shape index (κ3) is 6.91. The van der Waals surface area contributed by atoms with E-state index in [2.05, 4.69) is 5.32 Å². The molecule has 0 aliphatic rings. The summed E-state index contributed by atoms with van der Waals surface area (Å²) in [5, 5.41) is 3.19. The van der Waals surface area contributed by atoms with E-state index in [1.165, 1.54) is 0 Å². The summed E-state index contributed by atoms with van der Waals surface area (Å²) in [6.45, 7) is 5.05. The number of nitrogens with one attached hydrogen (secondary N) is 1. The number of ether oxygens (including phenoxy) is 1. The number of benzene rings is 1. The second-order valence-corrected chi connectivity index (χ2v) is 4.84. The molecule has 0 aromatic heterocycles. The summed E-state index contributed by atoms with van der Waals surface area (Å²) in [4.78, 5) is 0. The Morgan fingerprint density at radius 3 is 2.40 bits per heavy atom. The van der Waals surface area contributed by atoms with Crippen molar-refractivity contribution >= 4 is 0 Å². The summed E-state index contributed by atoms with van der Waals surface area (Å²) in [5.41, 5.74) is 2.02. The molecule has 1 unspecified atom stereocenters. The van der Waals surface area contributed by atoms with Gasteiger partial charge in [-0.05, 0) is 25.5 Å². The van der Waals surface area contributed by atoms with Crippen LogP contribution in [0.25, 0.3) is 0 Å². The average molecular weight is 289 g/mol. The normalized spacial score (nSPS) is 13.4. The van der Waals surface area contributed by atoms with E-state index in [0.717, 1.165) is 24.1 Å². The van der Waals surface area contributed by atoms with Crippen molar-refractivity contribution in [3.05, 3.63) is 35.4 Å². The first kappa shape index (κ1) is 17.0. The maximum absolute atomic E-state index is 12.2. The number of hydrogen-bond donors (Lipinski definition) is 1. The quantitative estimate of drug-likeness (QED) is 0.730. The molecule has 1 aromatic carbocycles. The van der Waals surface area contributed by atoms with Crippen molar-refractivity contribution in [1.82, 2.24) is 5.32 Å². The molecule has 0 heterocycles. The van der Waals surface area contributed by atoms with Crippen LogP contribution in [0.15, 0.2) is 24.3 Å². The molecule has 0 aliphatic carbocycles. The second-order valence-electron chi connectivity index (χ2n) is 4.84. The standard InChI is InChI=1S/C15H22F3NO/c1-3-9-19-11-14(20-10-8-15(16,17)18)13-6-4-12(2)5-7-13/h4-7,14,19H,3,8-11H2,1-2H3. The Balaban J connectivity index is 2.57. The van der Waals surface area contributed by atoms with Gasteiger partial charge in [-0.1, -0.05) is 36.8 Å². The molecular formula is C15H22F3NO. The lowest BCUT2D eigenvalue weighted by molar-refractivity contribution is -0.149. The molecule has 5 heteroatoms. The van der Waals surface area contributed by atoms with E-state index < -0.39 is 12.6 Å². The summed E-state index contributed by atoms with van der Waals surface area (Å²) in [6.07, 6.45) is -4.45. The lowest BCUT2D eigenvalue weighted by Gasteiger charge is -2.19. The molecule has 0 amide bonds. The zero-order valence-electron chi connectivity index (χ0n) is 12.0. The molecule has 0 aliphatic heterocycles. The largest absolute Gasteiger partial charge is 0.391 e. The van der Waals surface area contributed by atoms with Gasteiger partial charge < -0.3 is 10.1 Å². The Bertz CT molecular complexity index is 376. The van der Waals surface area contributed by atoms with E-state index in [1.54, 1.807) is 0 Å². The van der Waals surface area contributed by atoms with E-state index in [-0.39, 0.29) is 12.7 Å². The molecule has 114 valence electrons. The third-order valence-corrected chi connectivity index (χ3v) is 2.91. The molecule has 0 radical (unpaired) electrons. The van der Waals surface area contributed by atoms with Gasteiger partial charge in [0.2, 0.25) is 0 Å². The van der Waals surface area contributed by atoms with E-state index >= 15 is 0 Å². The highest BCUT2D eigenvalue weighted by molar-refractivity contribution is 5.23. The van der Waals surface area contributed by atoms with Crippen LogP contribution in [0.2, 0.25) is 0 Å². The third-order valence-electron chi connectivity index (χ3n) is 2.91. The summed E-state index contributed by atoms with van der Waals surface area (Å²) >= 11 is 0. The predicted molar refractivity (Wildman–Crippen MR) is 73.7 cm³/mol. The summed E-state index contributed by atoms with van der Waals surface area (Å²) in [5.74, 6) is 0. The molecule has 1 atom stereocenters. The predicted octanol–water partition coefficient (Wildman–Crippen LogP) is 4.00. The number of alkyl halides is 3. The molecule has 0 fully saturated rings. The molecule has 1 N–H and O–H groups in total. The van der Waals surface area contributed by atoms with Gasteiger partial charge in [0, 0.05) is 6.54 Å². The first-order chi connectivity index (χ1) is 9.42. The SMILES string of the molecule is CCCNCC(OCCC(F)(F)F)c1ccc(C)cc1. The van der Waals surface area contributed by atoms with Gasteiger partial charge in [0.15, 0.2) is 0 Å². The van der Waals surface area contributed by atoms with Crippen molar-refractivity contribution in [3.63, 3.8) is 0 Å². The molecule has 1 aromatic rings. The lowest BCUT2D eigenvalue weighted by Crippen LogP contribution is -2.25. The van der Waals surface area contributed by atoms with E-state index in [4.69, 9.17) is 4.74 Å². The molecule has 0 spiro atoms. The molecule has 0 saturated heterocycles. The molecule has 20 heavy (non-hydrogen) atoms. The van der Waals surface area contributed by atoms with Gasteiger partial charge in [-0.25, -0.2) is 0 Å². The first-order valence-corrected chi connectivity index (χ1v) is 6.88. The summed E-state index contributed by atoms with van der Waals surface area (Å²) < 4.78 is 41.9. The first-order valence-electron chi connectivity index (χ1n) is 6.88. The van der Waals surface area contributed by atoms with Crippen LogP contribution in [-0.2, 0) is 4.74 Å². The summed E-state index contributed by atoms with van der Waals surface area (Å²) in [7, 11) is 0. The molecule has 0 bridgehead atoms. The Morgan fingerprint density at radius 2 is 1.85 bits per heavy atom. The number of hydrogen-bond acceptors (Lipinski definition) is 2. The van der Waals surface area contributed by atoms with Gasteiger partial charge in [-0.3, -0.25) is 0 Å². The van der Waals surface area contributed by atoms with Crippen LogP contribution in [0.4, 0.5) is 13.2 Å². The minimum Gasteiger partial charge on any atom is -0.372 e. The average Bonchev–Trinajstić information content (AvgIpc) is 2.37. The van der Waals surface area contributed by atoms with E-state index in [1.807, 2.05) is 38.1 Å². The van der Waals surface area contributed by atoms with Crippen LogP contribution in [0.3, 0.4) is 0 Å². The minimum absolute atomic E-state index is 0.310. The van der Waals surface area contributed by atoms with E-state index in [9.17, 15) is 13.2 Å². The second kappa shape index (κ2) is 8.27. The van der Waals surface area contributed by atoms with Crippen molar-refractivity contribution in [2.24, 2.45) is 0 Å². The highest BCUT2D eigenvalue weighted by atomic mass is 19.4. The van der Waals surface area contributed by atoms with Crippen LogP contribution in [0.5, 0.6) is 0 Å². The number of halogens is 3. The molecule has 2 nitrogen and oxygen atoms in total. The van der Waals surface area contributed by atoms with Crippen LogP contribution in [-0.4, -0.2) is 25.9 Å².